The first-order valence-electron chi connectivity index (χ1n) is 9.77. The minimum absolute atomic E-state index is 0.0518. The molecule has 1 aromatic heterocycles. The summed E-state index contributed by atoms with van der Waals surface area (Å²) in [7, 11) is 1.55. The average molecular weight is 498 g/mol. The maximum absolute atomic E-state index is 13.1. The zero-order chi connectivity index (χ0) is 22.0. The van der Waals surface area contributed by atoms with Crippen molar-refractivity contribution in [2.45, 2.75) is 19.8 Å². The fourth-order valence-electron chi connectivity index (χ4n) is 3.32. The molecular weight excluding hydrogens is 478 g/mol. The van der Waals surface area contributed by atoms with Gasteiger partial charge in [-0.1, -0.05) is 42.5 Å². The van der Waals surface area contributed by atoms with Crippen LogP contribution in [-0.2, 0) is 4.79 Å². The van der Waals surface area contributed by atoms with Crippen LogP contribution in [0.3, 0.4) is 0 Å². The van der Waals surface area contributed by atoms with Crippen LogP contribution >= 0.6 is 27.3 Å². The zero-order valence-corrected chi connectivity index (χ0v) is 19.4. The van der Waals surface area contributed by atoms with Crippen molar-refractivity contribution in [2.24, 2.45) is 0 Å². The molecule has 6 nitrogen and oxygen atoms in total. The fraction of sp³-hybridized carbons (Fsp3) is 0.174. The number of carbonyl (C=O) groups is 2. The number of halogens is 1. The molecule has 0 saturated heterocycles. The first-order chi connectivity index (χ1) is 15.0. The Kier molecular flexibility index (Phi) is 6.20. The van der Waals surface area contributed by atoms with Crippen molar-refractivity contribution in [3.05, 3.63) is 58.6 Å². The van der Waals surface area contributed by atoms with E-state index in [4.69, 9.17) is 4.74 Å². The molecule has 0 fully saturated rings. The van der Waals surface area contributed by atoms with E-state index in [0.29, 0.717) is 28.6 Å². The Bertz CT molecular complexity index is 1300. The summed E-state index contributed by atoms with van der Waals surface area (Å²) in [5.41, 5.74) is 1.84. The number of nitrogens with one attached hydrogen (secondary N) is 2. The Hall–Kier alpha value is -2.97. The Morgan fingerprint density at radius 1 is 1.13 bits per heavy atom. The number of aromatic nitrogens is 1. The molecule has 0 spiro atoms. The number of carbonyl (C=O) groups excluding carboxylic acids is 2. The number of hydrogen-bond acceptors (Lipinski definition) is 5. The molecule has 0 bridgehead atoms. The van der Waals surface area contributed by atoms with Gasteiger partial charge in [0.2, 0.25) is 5.91 Å². The maximum Gasteiger partial charge on any atom is 0.259 e. The van der Waals surface area contributed by atoms with Crippen LogP contribution in [0.25, 0.3) is 21.0 Å². The van der Waals surface area contributed by atoms with Gasteiger partial charge in [0.05, 0.1) is 27.4 Å². The Morgan fingerprint density at radius 3 is 2.71 bits per heavy atom. The molecule has 31 heavy (non-hydrogen) atoms. The first-order valence-corrected chi connectivity index (χ1v) is 11.4. The Morgan fingerprint density at radius 2 is 1.94 bits per heavy atom. The summed E-state index contributed by atoms with van der Waals surface area (Å²) in [6.07, 6.45) is 1.24. The first kappa shape index (κ1) is 21.3. The number of amides is 2. The highest BCUT2D eigenvalue weighted by Gasteiger charge is 2.18. The van der Waals surface area contributed by atoms with Crippen molar-refractivity contribution in [3.8, 4) is 5.75 Å². The van der Waals surface area contributed by atoms with Crippen molar-refractivity contribution < 1.29 is 14.3 Å². The standard InChI is InChI=1S/C23H20BrN3O3S/c1-3-6-19(28)27-23-26-17-10-9-14(12-18(17)31-23)25-22(29)16-11-13-7-4-5-8-15(13)20(24)21(16)30-2/h4-5,7-12H,3,6H2,1-2H3,(H,25,29)(H,26,27,28). The van der Waals surface area contributed by atoms with Crippen LogP contribution in [0, 0.1) is 0 Å². The molecule has 1 heterocycles. The summed E-state index contributed by atoms with van der Waals surface area (Å²) in [6, 6.07) is 15.1. The van der Waals surface area contributed by atoms with Gasteiger partial charge in [-0.05, 0) is 57.4 Å². The summed E-state index contributed by atoms with van der Waals surface area (Å²) in [6.45, 7) is 1.95. The minimum atomic E-state index is -0.274. The molecule has 4 rings (SSSR count). The molecule has 0 atom stereocenters. The molecular formula is C23H20BrN3O3S. The predicted octanol–water partition coefficient (Wildman–Crippen LogP) is 6.21. The predicted molar refractivity (Wildman–Crippen MR) is 129 cm³/mol. The number of rotatable bonds is 6. The third-order valence-corrected chi connectivity index (χ3v) is 6.48. The van der Waals surface area contributed by atoms with Crippen LogP contribution in [0.1, 0.15) is 30.1 Å². The lowest BCUT2D eigenvalue weighted by Gasteiger charge is -2.13. The number of fused-ring (bicyclic) bond motifs is 2. The third kappa shape index (κ3) is 4.40. The molecule has 2 amide bonds. The van der Waals surface area contributed by atoms with Gasteiger partial charge in [-0.3, -0.25) is 9.59 Å². The summed E-state index contributed by atoms with van der Waals surface area (Å²) >= 11 is 4.94. The molecule has 0 aliphatic heterocycles. The normalized spacial score (nSPS) is 10.9. The largest absolute Gasteiger partial charge is 0.495 e. The van der Waals surface area contributed by atoms with Crippen molar-refractivity contribution in [1.29, 1.82) is 0 Å². The molecule has 0 aliphatic carbocycles. The van der Waals surface area contributed by atoms with Crippen molar-refractivity contribution >= 4 is 70.9 Å². The molecule has 158 valence electrons. The summed E-state index contributed by atoms with van der Waals surface area (Å²) < 4.78 is 7.13. The monoisotopic (exact) mass is 497 g/mol. The van der Waals surface area contributed by atoms with E-state index in [-0.39, 0.29) is 11.8 Å². The van der Waals surface area contributed by atoms with Gasteiger partial charge >= 0.3 is 0 Å². The molecule has 0 unspecified atom stereocenters. The highest BCUT2D eigenvalue weighted by atomic mass is 79.9. The average Bonchev–Trinajstić information content (AvgIpc) is 3.15. The maximum atomic E-state index is 13.1. The highest BCUT2D eigenvalue weighted by molar-refractivity contribution is 9.10. The van der Waals surface area contributed by atoms with Crippen LogP contribution < -0.4 is 15.4 Å². The van der Waals surface area contributed by atoms with Crippen molar-refractivity contribution in [1.82, 2.24) is 4.98 Å². The van der Waals surface area contributed by atoms with Crippen LogP contribution in [0.4, 0.5) is 10.8 Å². The van der Waals surface area contributed by atoms with Crippen LogP contribution in [0.5, 0.6) is 5.75 Å². The lowest BCUT2D eigenvalue weighted by atomic mass is 10.1. The van der Waals surface area contributed by atoms with E-state index >= 15 is 0 Å². The van der Waals surface area contributed by atoms with E-state index in [1.807, 2.05) is 49.4 Å². The fourth-order valence-corrected chi connectivity index (χ4v) is 4.97. The second kappa shape index (κ2) is 9.03. The smallest absolute Gasteiger partial charge is 0.259 e. The van der Waals surface area contributed by atoms with Crippen LogP contribution in [0.15, 0.2) is 53.0 Å². The molecule has 0 radical (unpaired) electrons. The van der Waals surface area contributed by atoms with E-state index < -0.39 is 0 Å². The number of hydrogen-bond donors (Lipinski definition) is 2. The van der Waals surface area contributed by atoms with E-state index in [1.54, 1.807) is 13.2 Å². The molecule has 0 saturated carbocycles. The van der Waals surface area contributed by atoms with Gasteiger partial charge in [0.15, 0.2) is 5.13 Å². The molecule has 3 aromatic carbocycles. The van der Waals surface area contributed by atoms with E-state index in [0.717, 1.165) is 31.9 Å². The van der Waals surface area contributed by atoms with Gasteiger partial charge in [-0.2, -0.15) is 0 Å². The van der Waals surface area contributed by atoms with E-state index in [1.165, 1.54) is 11.3 Å². The van der Waals surface area contributed by atoms with Crippen LogP contribution in [0.2, 0.25) is 0 Å². The Labute approximate surface area is 191 Å². The van der Waals surface area contributed by atoms with Gasteiger partial charge in [0.25, 0.3) is 5.91 Å². The second-order valence-corrected chi connectivity index (χ2v) is 8.77. The van der Waals surface area contributed by atoms with Crippen molar-refractivity contribution in [2.75, 3.05) is 17.7 Å². The summed E-state index contributed by atoms with van der Waals surface area (Å²) in [5, 5.41) is 8.22. The summed E-state index contributed by atoms with van der Waals surface area (Å²) in [5.74, 6) is 0.156. The number of ether oxygens (including phenoxy) is 1. The number of thiazole rings is 1. The lowest BCUT2D eigenvalue weighted by molar-refractivity contribution is -0.116. The SMILES string of the molecule is CCCC(=O)Nc1nc2ccc(NC(=O)c3cc4ccccc4c(Br)c3OC)cc2s1. The summed E-state index contributed by atoms with van der Waals surface area (Å²) in [4.78, 5) is 29.3. The van der Waals surface area contributed by atoms with Gasteiger partial charge in [-0.25, -0.2) is 4.98 Å². The molecule has 8 heteroatoms. The second-order valence-electron chi connectivity index (χ2n) is 6.95. The van der Waals surface area contributed by atoms with Gasteiger partial charge in [-0.15, -0.1) is 0 Å². The van der Waals surface area contributed by atoms with Gasteiger partial charge < -0.3 is 15.4 Å². The topological polar surface area (TPSA) is 80.3 Å². The molecule has 2 N–H and O–H groups in total. The third-order valence-electron chi connectivity index (χ3n) is 4.76. The zero-order valence-electron chi connectivity index (χ0n) is 17.0. The minimum Gasteiger partial charge on any atom is -0.495 e. The number of nitrogens with zero attached hydrogens (tertiary/aromatic N) is 1. The van der Waals surface area contributed by atoms with Crippen molar-refractivity contribution in [3.63, 3.8) is 0 Å². The molecule has 0 aliphatic rings. The number of methoxy groups -OCH3 is 1. The van der Waals surface area contributed by atoms with Gasteiger partial charge in [0, 0.05) is 12.1 Å². The number of anilines is 2. The molecule has 4 aromatic rings. The van der Waals surface area contributed by atoms with E-state index in [9.17, 15) is 9.59 Å². The van der Waals surface area contributed by atoms with E-state index in [2.05, 4.69) is 31.5 Å². The van der Waals surface area contributed by atoms with Gasteiger partial charge in [0.1, 0.15) is 5.75 Å². The highest BCUT2D eigenvalue weighted by Crippen LogP contribution is 2.37. The lowest BCUT2D eigenvalue weighted by Crippen LogP contribution is -2.13. The quantitative estimate of drug-likeness (QED) is 0.331. The Balaban J connectivity index is 1.62. The number of benzene rings is 3. The van der Waals surface area contributed by atoms with Crippen LogP contribution in [-0.4, -0.2) is 23.9 Å².